The van der Waals surface area contributed by atoms with Crippen LogP contribution in [0.25, 0.3) is 5.69 Å². The lowest BCUT2D eigenvalue weighted by molar-refractivity contribution is -0.143. The second kappa shape index (κ2) is 5.49. The fourth-order valence-corrected chi connectivity index (χ4v) is 5.42. The van der Waals surface area contributed by atoms with Crippen molar-refractivity contribution in [2.45, 2.75) is 57.3 Å². The van der Waals surface area contributed by atoms with Gasteiger partial charge in [-0.05, 0) is 42.4 Å². The Kier molecular flexibility index (Phi) is 3.80. The van der Waals surface area contributed by atoms with Crippen molar-refractivity contribution in [1.82, 2.24) is 9.36 Å². The third kappa shape index (κ3) is 2.42. The fourth-order valence-electron chi connectivity index (χ4n) is 5.42. The average Bonchev–Trinajstić information content (AvgIpc) is 3.04. The van der Waals surface area contributed by atoms with Gasteiger partial charge >= 0.3 is 12.4 Å². The summed E-state index contributed by atoms with van der Waals surface area (Å²) in [6.45, 7) is 6.10. The minimum atomic E-state index is -5.05. The zero-order chi connectivity index (χ0) is 21.7. The molecular formula is C20H20F6N2O. The minimum absolute atomic E-state index is 0.0696. The largest absolute Gasteiger partial charge is 0.418 e. The Morgan fingerprint density at radius 2 is 1.66 bits per heavy atom. The minimum Gasteiger partial charge on any atom is -0.284 e. The third-order valence-electron chi connectivity index (χ3n) is 7.26. The topological polar surface area (TPSA) is 26.9 Å². The van der Waals surface area contributed by atoms with Crippen molar-refractivity contribution in [3.05, 3.63) is 50.9 Å². The SMILES string of the molecule is Cn1c2c(c(=O)n1-c1ccc(C(F)(F)F)cc1C(F)(F)F)[C@H]1CC[C@]2(C)C1(C)C. The molecule has 2 aliphatic carbocycles. The molecule has 0 radical (unpaired) electrons. The second-order valence-corrected chi connectivity index (χ2v) is 8.78. The van der Waals surface area contributed by atoms with Gasteiger partial charge in [0.2, 0.25) is 0 Å². The van der Waals surface area contributed by atoms with Crippen molar-refractivity contribution in [2.75, 3.05) is 0 Å². The van der Waals surface area contributed by atoms with E-state index in [2.05, 4.69) is 0 Å². The van der Waals surface area contributed by atoms with E-state index in [1.54, 1.807) is 0 Å². The van der Waals surface area contributed by atoms with Gasteiger partial charge in [0.05, 0.1) is 22.5 Å². The number of alkyl halides is 6. The summed E-state index contributed by atoms with van der Waals surface area (Å²) >= 11 is 0. The standard InChI is InChI=1S/C20H20F6N2O/c1-17(2)11-7-8-18(17,3)15-14(11)16(29)28(27(15)4)13-6-5-10(19(21,22)23)9-12(13)20(24,25)26/h5-6,9,11H,7-8H2,1-4H3/t11-,18+/m1/s1. The van der Waals surface area contributed by atoms with Gasteiger partial charge < -0.3 is 0 Å². The molecule has 0 spiro atoms. The molecule has 0 N–H and O–H groups in total. The van der Waals surface area contributed by atoms with Gasteiger partial charge in [-0.2, -0.15) is 26.3 Å². The van der Waals surface area contributed by atoms with Crippen LogP contribution in [-0.4, -0.2) is 9.36 Å². The summed E-state index contributed by atoms with van der Waals surface area (Å²) in [4.78, 5) is 13.2. The quantitative estimate of drug-likeness (QED) is 0.571. The highest BCUT2D eigenvalue weighted by molar-refractivity contribution is 5.50. The van der Waals surface area contributed by atoms with Gasteiger partial charge in [-0.3, -0.25) is 9.48 Å². The van der Waals surface area contributed by atoms with Gasteiger partial charge in [0.15, 0.2) is 0 Å². The van der Waals surface area contributed by atoms with Crippen molar-refractivity contribution in [2.24, 2.45) is 12.5 Å². The third-order valence-corrected chi connectivity index (χ3v) is 7.26. The highest BCUT2D eigenvalue weighted by Crippen LogP contribution is 2.67. The number of hydrogen-bond acceptors (Lipinski definition) is 1. The van der Waals surface area contributed by atoms with Gasteiger partial charge in [-0.1, -0.05) is 20.8 Å². The van der Waals surface area contributed by atoms with E-state index in [1.807, 2.05) is 20.8 Å². The zero-order valence-corrected chi connectivity index (χ0v) is 16.3. The summed E-state index contributed by atoms with van der Waals surface area (Å²) in [7, 11) is 1.50. The average molecular weight is 418 g/mol. The van der Waals surface area contributed by atoms with Crippen LogP contribution in [0.4, 0.5) is 26.3 Å². The number of halogens is 6. The van der Waals surface area contributed by atoms with Crippen molar-refractivity contribution < 1.29 is 26.3 Å². The monoisotopic (exact) mass is 418 g/mol. The molecule has 9 heteroatoms. The van der Waals surface area contributed by atoms with E-state index in [4.69, 9.17) is 0 Å². The van der Waals surface area contributed by atoms with E-state index >= 15 is 0 Å². The fraction of sp³-hybridized carbons (Fsp3) is 0.550. The van der Waals surface area contributed by atoms with Gasteiger partial charge in [-0.25, -0.2) is 4.68 Å². The molecule has 2 bridgehead atoms. The first-order valence-corrected chi connectivity index (χ1v) is 9.23. The highest BCUT2D eigenvalue weighted by atomic mass is 19.4. The van der Waals surface area contributed by atoms with Crippen molar-refractivity contribution >= 4 is 0 Å². The van der Waals surface area contributed by atoms with Crippen LogP contribution in [0.15, 0.2) is 23.0 Å². The molecule has 0 amide bonds. The van der Waals surface area contributed by atoms with Crippen LogP contribution < -0.4 is 5.56 Å². The van der Waals surface area contributed by atoms with Crippen LogP contribution in [0.3, 0.4) is 0 Å². The van der Waals surface area contributed by atoms with Crippen LogP contribution in [-0.2, 0) is 24.8 Å². The molecule has 2 aromatic rings. The van der Waals surface area contributed by atoms with Crippen LogP contribution in [0.1, 0.15) is 61.9 Å². The van der Waals surface area contributed by atoms with Gasteiger partial charge in [0, 0.05) is 18.0 Å². The predicted octanol–water partition coefficient (Wildman–Crippen LogP) is 5.39. The van der Waals surface area contributed by atoms with Gasteiger partial charge in [0.1, 0.15) is 0 Å². The Morgan fingerprint density at radius 1 is 1.03 bits per heavy atom. The molecule has 0 aliphatic heterocycles. The summed E-state index contributed by atoms with van der Waals surface area (Å²) in [6, 6.07) is 1.38. The molecule has 158 valence electrons. The number of aromatic nitrogens is 2. The number of benzene rings is 1. The normalized spacial score (nSPS) is 25.5. The summed E-state index contributed by atoms with van der Waals surface area (Å²) < 4.78 is 82.2. The van der Waals surface area contributed by atoms with Crippen LogP contribution >= 0.6 is 0 Å². The lowest BCUT2D eigenvalue weighted by atomic mass is 9.70. The smallest absolute Gasteiger partial charge is 0.284 e. The summed E-state index contributed by atoms with van der Waals surface area (Å²) in [5, 5.41) is 0. The van der Waals surface area contributed by atoms with E-state index in [-0.39, 0.29) is 17.4 Å². The molecule has 3 nitrogen and oxygen atoms in total. The lowest BCUT2D eigenvalue weighted by Gasteiger charge is -2.36. The van der Waals surface area contributed by atoms with E-state index in [0.717, 1.165) is 23.6 Å². The maximum absolute atomic E-state index is 13.6. The van der Waals surface area contributed by atoms with Crippen LogP contribution in [0.2, 0.25) is 0 Å². The van der Waals surface area contributed by atoms with Crippen molar-refractivity contribution in [1.29, 1.82) is 0 Å². The Hall–Kier alpha value is -2.19. The first-order valence-electron chi connectivity index (χ1n) is 9.23. The molecule has 1 heterocycles. The molecule has 2 atom stereocenters. The number of rotatable bonds is 1. The number of fused-ring (bicyclic) bond motifs is 5. The maximum atomic E-state index is 13.6. The molecule has 4 rings (SSSR count). The van der Waals surface area contributed by atoms with E-state index in [9.17, 15) is 31.1 Å². The van der Waals surface area contributed by atoms with Crippen LogP contribution in [0, 0.1) is 5.41 Å². The first kappa shape index (κ1) is 20.1. The number of nitrogens with zero attached hydrogens (tertiary/aromatic N) is 2. The molecule has 0 unspecified atom stereocenters. The molecule has 1 saturated carbocycles. The van der Waals surface area contributed by atoms with Gasteiger partial charge in [0.25, 0.3) is 5.56 Å². The van der Waals surface area contributed by atoms with E-state index in [1.165, 1.54) is 11.7 Å². The summed E-state index contributed by atoms with van der Waals surface area (Å²) in [5.74, 6) is -0.0914. The zero-order valence-electron chi connectivity index (χ0n) is 16.3. The molecule has 29 heavy (non-hydrogen) atoms. The van der Waals surface area contributed by atoms with Crippen molar-refractivity contribution in [3.63, 3.8) is 0 Å². The van der Waals surface area contributed by atoms with E-state index in [0.29, 0.717) is 17.3 Å². The molecule has 0 saturated heterocycles. The van der Waals surface area contributed by atoms with Crippen molar-refractivity contribution in [3.8, 4) is 5.69 Å². The predicted molar refractivity (Wildman–Crippen MR) is 94.1 cm³/mol. The van der Waals surface area contributed by atoms with E-state index < -0.39 is 40.1 Å². The lowest BCUT2D eigenvalue weighted by Crippen LogP contribution is -2.35. The van der Waals surface area contributed by atoms with Crippen LogP contribution in [0.5, 0.6) is 0 Å². The van der Waals surface area contributed by atoms with Gasteiger partial charge in [-0.15, -0.1) is 0 Å². The molecular weight excluding hydrogens is 398 g/mol. The maximum Gasteiger partial charge on any atom is 0.418 e. The second-order valence-electron chi connectivity index (χ2n) is 8.78. The molecule has 2 aliphatic rings. The highest BCUT2D eigenvalue weighted by Gasteiger charge is 2.62. The molecule has 1 aromatic heterocycles. The first-order chi connectivity index (χ1) is 13.1. The Morgan fingerprint density at radius 3 is 2.17 bits per heavy atom. The Bertz CT molecular complexity index is 1070. The number of hydrogen-bond donors (Lipinski definition) is 0. The Balaban J connectivity index is 2.01. The molecule has 1 aromatic carbocycles. The molecule has 1 fully saturated rings. The summed E-state index contributed by atoms with van der Waals surface area (Å²) in [5.41, 5.74) is -3.52. The Labute approximate surface area is 162 Å². The summed E-state index contributed by atoms with van der Waals surface area (Å²) in [6.07, 6.45) is -8.41.